The van der Waals surface area contributed by atoms with Crippen molar-refractivity contribution >= 4 is 0 Å². The van der Waals surface area contributed by atoms with Crippen LogP contribution in [0.5, 0.6) is 0 Å². The van der Waals surface area contributed by atoms with Crippen molar-refractivity contribution in [2.75, 3.05) is 19.8 Å². The molecule has 1 aliphatic rings. The van der Waals surface area contributed by atoms with E-state index in [9.17, 15) is 0 Å². The van der Waals surface area contributed by atoms with Gasteiger partial charge in [-0.25, -0.2) is 0 Å². The Labute approximate surface area is 53.7 Å². The summed E-state index contributed by atoms with van der Waals surface area (Å²) in [5, 5.41) is 0. The van der Waals surface area contributed by atoms with Crippen LogP contribution in [0.2, 0.25) is 0 Å². The van der Waals surface area contributed by atoms with E-state index < -0.39 is 0 Å². The van der Waals surface area contributed by atoms with Crippen LogP contribution in [0.15, 0.2) is 0 Å². The number of hydrogen-bond acceptors (Lipinski definition) is 2. The summed E-state index contributed by atoms with van der Waals surface area (Å²) < 4.78 is 9.71. The van der Waals surface area contributed by atoms with Crippen molar-refractivity contribution in [2.24, 2.45) is 0 Å². The van der Waals surface area contributed by atoms with Gasteiger partial charge in [-0.15, -0.1) is 0 Å². The molecule has 0 amide bonds. The Hall–Kier alpha value is 0.439. The average Bonchev–Trinajstić information content (AvgIpc) is 1.72. The molecule has 0 unspecified atom stereocenters. The number of rotatable bonds is 0. The summed E-state index contributed by atoms with van der Waals surface area (Å²) >= 11 is 0. The van der Waals surface area contributed by atoms with E-state index in [2.05, 4.69) is 0 Å². The molecule has 2 nitrogen and oxygen atoms in total. The van der Waals surface area contributed by atoms with Gasteiger partial charge in [0.05, 0.1) is 6.61 Å². The maximum absolute atomic E-state index is 4.89. The summed E-state index contributed by atoms with van der Waals surface area (Å²) in [6.07, 6.45) is 0. The third kappa shape index (κ3) is 3.06. The van der Waals surface area contributed by atoms with E-state index in [1.54, 1.807) is 6.61 Å². The van der Waals surface area contributed by atoms with Gasteiger partial charge in [-0.05, 0) is 0 Å². The smallest absolute Gasteiger partial charge is 0.0636 e. The molecule has 0 aromatic carbocycles. The topological polar surface area (TPSA) is 18.5 Å². The summed E-state index contributed by atoms with van der Waals surface area (Å²) in [5.74, 6) is 0. The normalized spacial score (nSPS) is 20.6. The van der Waals surface area contributed by atoms with E-state index in [0.29, 0.717) is 6.61 Å². The first kappa shape index (κ1) is 7.44. The fraction of sp³-hybridized carbons (Fsp3) is 0.750. The summed E-state index contributed by atoms with van der Waals surface area (Å²) in [4.78, 5) is 0. The van der Waals surface area contributed by atoms with E-state index in [4.69, 9.17) is 9.47 Å². The maximum Gasteiger partial charge on any atom is 0.0636 e. The van der Waals surface area contributed by atoms with Crippen LogP contribution in [-0.2, 0) is 26.5 Å². The van der Waals surface area contributed by atoms with Gasteiger partial charge in [0.2, 0.25) is 0 Å². The molecule has 1 fully saturated rings. The summed E-state index contributed by atoms with van der Waals surface area (Å²) in [6.45, 7) is 3.79. The first-order valence-corrected chi connectivity index (χ1v) is 2.01. The Morgan fingerprint density at radius 1 is 1.29 bits per heavy atom. The van der Waals surface area contributed by atoms with E-state index in [1.807, 2.05) is 0 Å². The van der Waals surface area contributed by atoms with Gasteiger partial charge in [0.1, 0.15) is 0 Å². The van der Waals surface area contributed by atoms with E-state index >= 15 is 0 Å². The summed E-state index contributed by atoms with van der Waals surface area (Å²) in [5.41, 5.74) is 0. The number of hydrogen-bond donors (Lipinski definition) is 0. The van der Waals surface area contributed by atoms with Gasteiger partial charge in [0.25, 0.3) is 0 Å². The molecular formula is C4H7FeO2-. The van der Waals surface area contributed by atoms with E-state index in [0.717, 1.165) is 13.2 Å². The van der Waals surface area contributed by atoms with Crippen LogP contribution in [0.1, 0.15) is 0 Å². The minimum atomic E-state index is 0. The van der Waals surface area contributed by atoms with E-state index in [1.165, 1.54) is 0 Å². The van der Waals surface area contributed by atoms with Gasteiger partial charge >= 0.3 is 0 Å². The molecule has 1 rings (SSSR count). The third-order valence-corrected chi connectivity index (χ3v) is 0.649. The van der Waals surface area contributed by atoms with Crippen molar-refractivity contribution in [3.05, 3.63) is 6.61 Å². The molecule has 0 bridgehead atoms. The van der Waals surface area contributed by atoms with Gasteiger partial charge in [-0.1, -0.05) is 6.61 Å². The predicted molar refractivity (Wildman–Crippen MR) is 21.1 cm³/mol. The second kappa shape index (κ2) is 4.59. The zero-order chi connectivity index (χ0) is 4.24. The van der Waals surface area contributed by atoms with Crippen LogP contribution in [0, 0.1) is 6.61 Å². The van der Waals surface area contributed by atoms with Gasteiger partial charge in [-0.3, -0.25) is 0 Å². The molecule has 7 heavy (non-hydrogen) atoms. The second-order valence-corrected chi connectivity index (χ2v) is 1.11. The molecule has 44 valence electrons. The van der Waals surface area contributed by atoms with Crippen molar-refractivity contribution in [3.8, 4) is 0 Å². The van der Waals surface area contributed by atoms with Crippen LogP contribution in [-0.4, -0.2) is 19.8 Å². The number of ether oxygens (including phenoxy) is 2. The molecule has 0 atom stereocenters. The SMILES string of the molecule is [CH-]1COCCO1.[Fe]. The monoisotopic (exact) mass is 143 g/mol. The zero-order valence-corrected chi connectivity index (χ0v) is 4.97. The van der Waals surface area contributed by atoms with Crippen LogP contribution >= 0.6 is 0 Å². The zero-order valence-electron chi connectivity index (χ0n) is 3.87. The Morgan fingerprint density at radius 3 is 2.29 bits per heavy atom. The van der Waals surface area contributed by atoms with Gasteiger partial charge in [0, 0.05) is 23.7 Å². The van der Waals surface area contributed by atoms with Crippen molar-refractivity contribution in [1.29, 1.82) is 0 Å². The largest absolute Gasteiger partial charge is 0.548 e. The molecule has 0 radical (unpaired) electrons. The average molecular weight is 143 g/mol. The molecule has 1 saturated heterocycles. The fourth-order valence-electron chi connectivity index (χ4n) is 0.370. The van der Waals surface area contributed by atoms with Crippen molar-refractivity contribution in [1.82, 2.24) is 0 Å². The molecule has 1 aliphatic heterocycles. The molecule has 0 N–H and O–H groups in total. The molecule has 0 aromatic heterocycles. The van der Waals surface area contributed by atoms with Crippen LogP contribution in [0.25, 0.3) is 0 Å². The molecular weight excluding hydrogens is 136 g/mol. The van der Waals surface area contributed by atoms with Gasteiger partial charge in [-0.2, -0.15) is 6.61 Å². The summed E-state index contributed by atoms with van der Waals surface area (Å²) in [6, 6.07) is 0. The van der Waals surface area contributed by atoms with Crippen LogP contribution < -0.4 is 0 Å². The Bertz CT molecular complexity index is 25.2. The van der Waals surface area contributed by atoms with Gasteiger partial charge in [0.15, 0.2) is 0 Å². The molecule has 0 saturated carbocycles. The Kier molecular flexibility index (Phi) is 4.88. The van der Waals surface area contributed by atoms with Crippen LogP contribution in [0.3, 0.4) is 0 Å². The standard InChI is InChI=1S/C4H7O2.Fe/c1-2-6-4-3-5-1;/h1H,2-4H2;/q-1;. The minimum absolute atomic E-state index is 0. The van der Waals surface area contributed by atoms with E-state index in [-0.39, 0.29) is 17.1 Å². The summed E-state index contributed by atoms with van der Waals surface area (Å²) in [7, 11) is 0. The molecule has 1 heterocycles. The van der Waals surface area contributed by atoms with Gasteiger partial charge < -0.3 is 9.47 Å². The third-order valence-electron chi connectivity index (χ3n) is 0.649. The molecule has 3 heteroatoms. The van der Waals surface area contributed by atoms with Crippen molar-refractivity contribution in [3.63, 3.8) is 0 Å². The van der Waals surface area contributed by atoms with Crippen molar-refractivity contribution in [2.45, 2.75) is 0 Å². The first-order valence-electron chi connectivity index (χ1n) is 2.01. The molecule has 0 aromatic rings. The second-order valence-electron chi connectivity index (χ2n) is 1.11. The Morgan fingerprint density at radius 2 is 2.14 bits per heavy atom. The molecule has 0 aliphatic carbocycles. The van der Waals surface area contributed by atoms with Crippen LogP contribution in [0.4, 0.5) is 0 Å². The van der Waals surface area contributed by atoms with Crippen molar-refractivity contribution < 1.29 is 26.5 Å². The minimum Gasteiger partial charge on any atom is -0.548 e. The predicted octanol–water partition coefficient (Wildman–Crippen LogP) is 0.192. The molecule has 0 spiro atoms. The maximum atomic E-state index is 4.89. The quantitative estimate of drug-likeness (QED) is 0.356. The first-order chi connectivity index (χ1) is 3.00. The fourth-order valence-corrected chi connectivity index (χ4v) is 0.370. The Balaban J connectivity index is 0.000000360.